The first-order valence-electron chi connectivity index (χ1n) is 7.48. The van der Waals surface area contributed by atoms with Crippen LogP contribution in [0.4, 0.5) is 0 Å². The molecule has 0 saturated heterocycles. The predicted octanol–water partition coefficient (Wildman–Crippen LogP) is 3.93. The summed E-state index contributed by atoms with van der Waals surface area (Å²) in [4.78, 5) is 4.23. The molecule has 0 saturated carbocycles. The molecule has 2 heterocycles. The van der Waals surface area contributed by atoms with Crippen molar-refractivity contribution in [2.24, 2.45) is 0 Å². The Morgan fingerprint density at radius 3 is 2.71 bits per heavy atom. The molecule has 2 aromatic heterocycles. The minimum atomic E-state index is -1.14. The maximum absolute atomic E-state index is 12.5. The highest BCUT2D eigenvalue weighted by atomic mass is 32.2. The first-order valence-corrected chi connectivity index (χ1v) is 8.96. The molecule has 0 radical (unpaired) electrons. The normalized spacial score (nSPS) is 12.5. The SMILES string of the molecule is O=S(Cc1nc(-c2ccco2)no1)Cc1cccc2ccccc12. The Hall–Kier alpha value is -2.73. The summed E-state index contributed by atoms with van der Waals surface area (Å²) < 4.78 is 22.9. The molecule has 120 valence electrons. The van der Waals surface area contributed by atoms with Crippen LogP contribution in [-0.2, 0) is 22.3 Å². The Kier molecular flexibility index (Phi) is 3.96. The van der Waals surface area contributed by atoms with E-state index in [1.54, 1.807) is 18.4 Å². The molecule has 0 bridgehead atoms. The number of benzene rings is 2. The van der Waals surface area contributed by atoms with Crippen molar-refractivity contribution in [3.63, 3.8) is 0 Å². The summed E-state index contributed by atoms with van der Waals surface area (Å²) in [5.74, 6) is 1.92. The molecule has 0 aliphatic heterocycles. The lowest BCUT2D eigenvalue weighted by Gasteiger charge is -2.05. The van der Waals surface area contributed by atoms with E-state index in [-0.39, 0.29) is 5.75 Å². The average molecular weight is 338 g/mol. The molecule has 1 unspecified atom stereocenters. The maximum Gasteiger partial charge on any atom is 0.239 e. The van der Waals surface area contributed by atoms with Crippen molar-refractivity contribution in [3.05, 3.63) is 72.3 Å². The molecule has 0 fully saturated rings. The molecule has 0 spiro atoms. The van der Waals surface area contributed by atoms with Gasteiger partial charge < -0.3 is 8.94 Å². The predicted molar refractivity (Wildman–Crippen MR) is 91.5 cm³/mol. The van der Waals surface area contributed by atoms with Crippen LogP contribution in [0.5, 0.6) is 0 Å². The van der Waals surface area contributed by atoms with Crippen LogP contribution >= 0.6 is 0 Å². The maximum atomic E-state index is 12.5. The summed E-state index contributed by atoms with van der Waals surface area (Å²) in [5.41, 5.74) is 1.05. The molecular weight excluding hydrogens is 324 g/mol. The molecule has 0 amide bonds. The third-order valence-corrected chi connectivity index (χ3v) is 4.89. The van der Waals surface area contributed by atoms with Crippen LogP contribution in [-0.4, -0.2) is 14.3 Å². The molecule has 0 aliphatic rings. The fourth-order valence-corrected chi connectivity index (χ4v) is 3.69. The quantitative estimate of drug-likeness (QED) is 0.551. The van der Waals surface area contributed by atoms with Crippen LogP contribution in [0.2, 0.25) is 0 Å². The second-order valence-corrected chi connectivity index (χ2v) is 6.81. The standard InChI is InChI=1S/C18H14N2O3S/c21-24(11-14-7-3-6-13-5-1-2-8-15(13)14)12-17-19-18(20-23-17)16-9-4-10-22-16/h1-10H,11-12H2. The highest BCUT2D eigenvalue weighted by Gasteiger charge is 2.14. The third kappa shape index (κ3) is 3.00. The van der Waals surface area contributed by atoms with Gasteiger partial charge in [0.05, 0.1) is 6.26 Å². The first kappa shape index (κ1) is 14.8. The van der Waals surface area contributed by atoms with Crippen molar-refractivity contribution in [1.29, 1.82) is 0 Å². The molecule has 0 N–H and O–H groups in total. The largest absolute Gasteiger partial charge is 0.461 e. The fourth-order valence-electron chi connectivity index (χ4n) is 2.60. The van der Waals surface area contributed by atoms with E-state index in [0.717, 1.165) is 16.3 Å². The van der Waals surface area contributed by atoms with Crippen molar-refractivity contribution in [3.8, 4) is 11.6 Å². The van der Waals surface area contributed by atoms with Crippen molar-refractivity contribution in [1.82, 2.24) is 10.1 Å². The number of hydrogen-bond acceptors (Lipinski definition) is 5. The molecule has 6 heteroatoms. The van der Waals surface area contributed by atoms with Gasteiger partial charge in [-0.1, -0.05) is 47.6 Å². The van der Waals surface area contributed by atoms with Crippen LogP contribution in [0.1, 0.15) is 11.5 Å². The summed E-state index contributed by atoms with van der Waals surface area (Å²) in [5, 5.41) is 6.12. The zero-order valence-corrected chi connectivity index (χ0v) is 13.5. The van der Waals surface area contributed by atoms with Crippen LogP contribution < -0.4 is 0 Å². The van der Waals surface area contributed by atoms with E-state index in [9.17, 15) is 4.21 Å². The zero-order chi connectivity index (χ0) is 16.4. The Morgan fingerprint density at radius 2 is 1.83 bits per heavy atom. The third-order valence-electron chi connectivity index (χ3n) is 3.69. The second kappa shape index (κ2) is 6.41. The van der Waals surface area contributed by atoms with Gasteiger partial charge in [0.1, 0.15) is 5.75 Å². The summed E-state index contributed by atoms with van der Waals surface area (Å²) >= 11 is 0. The van der Waals surface area contributed by atoms with Crippen molar-refractivity contribution < 1.29 is 13.1 Å². The summed E-state index contributed by atoms with van der Waals surface area (Å²) in [6.07, 6.45) is 1.55. The Bertz CT molecular complexity index is 987. The van der Waals surface area contributed by atoms with Gasteiger partial charge in [-0.15, -0.1) is 0 Å². The van der Waals surface area contributed by atoms with E-state index in [1.807, 2.05) is 30.3 Å². The molecular formula is C18H14N2O3S. The number of rotatable bonds is 5. The number of nitrogens with zero attached hydrogens (tertiary/aromatic N) is 2. The van der Waals surface area contributed by atoms with Gasteiger partial charge in [-0.2, -0.15) is 4.98 Å². The van der Waals surface area contributed by atoms with E-state index in [2.05, 4.69) is 22.3 Å². The number of fused-ring (bicyclic) bond motifs is 1. The first-order chi connectivity index (χ1) is 11.8. The molecule has 2 aromatic carbocycles. The topological polar surface area (TPSA) is 69.1 Å². The smallest absolute Gasteiger partial charge is 0.239 e. The molecule has 4 rings (SSSR count). The van der Waals surface area contributed by atoms with Gasteiger partial charge in [0, 0.05) is 16.6 Å². The van der Waals surface area contributed by atoms with E-state index in [0.29, 0.717) is 23.2 Å². The molecule has 0 aliphatic carbocycles. The highest BCUT2D eigenvalue weighted by molar-refractivity contribution is 7.83. The van der Waals surface area contributed by atoms with Crippen LogP contribution in [0.25, 0.3) is 22.4 Å². The second-order valence-electron chi connectivity index (χ2n) is 5.36. The minimum Gasteiger partial charge on any atom is -0.461 e. The molecule has 24 heavy (non-hydrogen) atoms. The van der Waals surface area contributed by atoms with E-state index in [4.69, 9.17) is 8.94 Å². The van der Waals surface area contributed by atoms with Crippen molar-refractivity contribution >= 4 is 21.6 Å². The minimum absolute atomic E-state index is 0.219. The van der Waals surface area contributed by atoms with Gasteiger partial charge in [-0.05, 0) is 28.5 Å². The van der Waals surface area contributed by atoms with Crippen LogP contribution in [0.3, 0.4) is 0 Å². The fraction of sp³-hybridized carbons (Fsp3) is 0.111. The van der Waals surface area contributed by atoms with E-state index < -0.39 is 10.8 Å². The highest BCUT2D eigenvalue weighted by Crippen LogP contribution is 2.21. The van der Waals surface area contributed by atoms with Gasteiger partial charge in [0.2, 0.25) is 11.7 Å². The van der Waals surface area contributed by atoms with Gasteiger partial charge >= 0.3 is 0 Å². The van der Waals surface area contributed by atoms with Crippen molar-refractivity contribution in [2.45, 2.75) is 11.5 Å². The zero-order valence-electron chi connectivity index (χ0n) is 12.7. The Balaban J connectivity index is 1.50. The van der Waals surface area contributed by atoms with Crippen LogP contribution in [0.15, 0.2) is 69.8 Å². The van der Waals surface area contributed by atoms with Crippen LogP contribution in [0, 0.1) is 0 Å². The van der Waals surface area contributed by atoms with Gasteiger partial charge in [0.25, 0.3) is 0 Å². The average Bonchev–Trinajstić information content (AvgIpc) is 3.26. The number of aromatic nitrogens is 2. The van der Waals surface area contributed by atoms with Gasteiger partial charge in [0.15, 0.2) is 5.76 Å². The molecule has 1 atom stereocenters. The van der Waals surface area contributed by atoms with Crippen molar-refractivity contribution in [2.75, 3.05) is 0 Å². The number of furan rings is 1. The van der Waals surface area contributed by atoms with Gasteiger partial charge in [-0.3, -0.25) is 4.21 Å². The summed E-state index contributed by atoms with van der Waals surface area (Å²) in [6.45, 7) is 0. The molecule has 4 aromatic rings. The Labute approximate surface area is 140 Å². The monoisotopic (exact) mass is 338 g/mol. The number of hydrogen-bond donors (Lipinski definition) is 0. The lowest BCUT2D eigenvalue weighted by atomic mass is 10.1. The lowest BCUT2D eigenvalue weighted by Crippen LogP contribution is -2.00. The molecule has 5 nitrogen and oxygen atoms in total. The Morgan fingerprint density at radius 1 is 0.958 bits per heavy atom. The summed E-state index contributed by atoms with van der Waals surface area (Å²) in [7, 11) is -1.14. The van der Waals surface area contributed by atoms with Gasteiger partial charge in [-0.25, -0.2) is 0 Å². The van der Waals surface area contributed by atoms with E-state index in [1.165, 1.54) is 0 Å². The summed E-state index contributed by atoms with van der Waals surface area (Å²) in [6, 6.07) is 17.6. The lowest BCUT2D eigenvalue weighted by molar-refractivity contribution is 0.389. The van der Waals surface area contributed by atoms with E-state index >= 15 is 0 Å².